The molecule has 0 aromatic carbocycles. The first-order valence-corrected chi connectivity index (χ1v) is 8.01. The lowest BCUT2D eigenvalue weighted by Gasteiger charge is -2.39. The topological polar surface area (TPSA) is 50.6 Å². The highest BCUT2D eigenvalue weighted by molar-refractivity contribution is 5.92. The second-order valence-corrected chi connectivity index (χ2v) is 6.86. The van der Waals surface area contributed by atoms with Crippen LogP contribution in [-0.2, 0) is 11.8 Å². The number of carbonyl (C=O) groups is 1. The number of hydrogen-bond acceptors (Lipinski definition) is 4. The molecule has 0 saturated carbocycles. The first kappa shape index (κ1) is 15.5. The Bertz CT molecular complexity index is 534. The van der Waals surface area contributed by atoms with Gasteiger partial charge in [-0.25, -0.2) is 0 Å². The lowest BCUT2D eigenvalue weighted by molar-refractivity contribution is 0.0581. The number of amides is 1. The number of nitrogens with zero attached hydrogens (tertiary/aromatic N) is 4. The van der Waals surface area contributed by atoms with Gasteiger partial charge in [-0.15, -0.1) is 0 Å². The largest absolute Gasteiger partial charge is 0.383 e. The quantitative estimate of drug-likeness (QED) is 0.836. The van der Waals surface area contributed by atoms with Crippen LogP contribution in [0.3, 0.4) is 0 Å². The third kappa shape index (κ3) is 2.77. The van der Waals surface area contributed by atoms with E-state index in [0.717, 1.165) is 39.1 Å². The fourth-order valence-corrected chi connectivity index (χ4v) is 4.05. The van der Waals surface area contributed by atoms with Crippen molar-refractivity contribution in [3.05, 3.63) is 18.0 Å². The monoisotopic (exact) mass is 306 g/mol. The molecule has 1 atom stereocenters. The van der Waals surface area contributed by atoms with Gasteiger partial charge in [0, 0.05) is 46.0 Å². The molecule has 0 aliphatic carbocycles. The zero-order chi connectivity index (χ0) is 15.7. The molecule has 1 spiro atoms. The van der Waals surface area contributed by atoms with Gasteiger partial charge in [0.05, 0.1) is 6.61 Å². The van der Waals surface area contributed by atoms with Crippen LogP contribution in [0.15, 0.2) is 12.3 Å². The molecule has 3 rings (SSSR count). The van der Waals surface area contributed by atoms with E-state index >= 15 is 0 Å². The maximum atomic E-state index is 12.6. The van der Waals surface area contributed by atoms with Crippen molar-refractivity contribution in [2.75, 3.05) is 40.4 Å². The molecule has 1 amide bonds. The molecule has 0 bridgehead atoms. The normalized spacial score (nSPS) is 25.0. The molecule has 2 aliphatic rings. The number of likely N-dealkylation sites (N-methyl/N-ethyl adjacent to an activating group) is 1. The summed E-state index contributed by atoms with van der Waals surface area (Å²) in [4.78, 5) is 16.9. The third-order valence-corrected chi connectivity index (χ3v) is 5.39. The number of rotatable bonds is 3. The predicted octanol–water partition coefficient (Wildman–Crippen LogP) is 0.993. The summed E-state index contributed by atoms with van der Waals surface area (Å²) in [6.07, 6.45) is 5.04. The SMILES string of the molecule is COCC1CC2(CCN(C(=O)c3ccnn3C)CC2)CN1C. The second kappa shape index (κ2) is 6.01. The molecular weight excluding hydrogens is 280 g/mol. The molecule has 1 aromatic rings. The average Bonchev–Trinajstić information content (AvgIpc) is 3.04. The third-order valence-electron chi connectivity index (χ3n) is 5.39. The fraction of sp³-hybridized carbons (Fsp3) is 0.750. The van der Waals surface area contributed by atoms with E-state index in [0.29, 0.717) is 17.2 Å². The summed E-state index contributed by atoms with van der Waals surface area (Å²) in [5.41, 5.74) is 1.04. The van der Waals surface area contributed by atoms with Gasteiger partial charge < -0.3 is 14.5 Å². The number of carbonyl (C=O) groups excluding carboxylic acids is 1. The van der Waals surface area contributed by atoms with Crippen LogP contribution in [0.5, 0.6) is 0 Å². The number of methoxy groups -OCH3 is 1. The van der Waals surface area contributed by atoms with Crippen LogP contribution in [0.4, 0.5) is 0 Å². The number of hydrogen-bond donors (Lipinski definition) is 0. The predicted molar refractivity (Wildman–Crippen MR) is 83.7 cm³/mol. The first-order valence-electron chi connectivity index (χ1n) is 8.01. The molecule has 2 saturated heterocycles. The molecule has 1 aromatic heterocycles. The Hall–Kier alpha value is -1.40. The highest BCUT2D eigenvalue weighted by Crippen LogP contribution is 2.42. The molecule has 1 unspecified atom stereocenters. The van der Waals surface area contributed by atoms with Gasteiger partial charge in [0.2, 0.25) is 0 Å². The summed E-state index contributed by atoms with van der Waals surface area (Å²) in [6.45, 7) is 3.61. The lowest BCUT2D eigenvalue weighted by atomic mass is 9.76. The van der Waals surface area contributed by atoms with Crippen molar-refractivity contribution in [2.24, 2.45) is 12.5 Å². The summed E-state index contributed by atoms with van der Waals surface area (Å²) in [5, 5.41) is 4.09. The van der Waals surface area contributed by atoms with Crippen LogP contribution in [0, 0.1) is 5.41 Å². The Morgan fingerprint density at radius 1 is 1.41 bits per heavy atom. The van der Waals surface area contributed by atoms with Gasteiger partial charge in [-0.3, -0.25) is 9.48 Å². The van der Waals surface area contributed by atoms with Gasteiger partial charge >= 0.3 is 0 Å². The van der Waals surface area contributed by atoms with Crippen LogP contribution in [0.25, 0.3) is 0 Å². The number of ether oxygens (including phenoxy) is 1. The standard InChI is InChI=1S/C16H26N4O2/c1-18-12-16(10-13(18)11-22-3)5-8-20(9-6-16)15(21)14-4-7-17-19(14)2/h4,7,13H,5-6,8-12H2,1-3H3. The summed E-state index contributed by atoms with van der Waals surface area (Å²) in [7, 11) is 5.78. The van der Waals surface area contributed by atoms with Gasteiger partial charge in [-0.2, -0.15) is 5.10 Å². The van der Waals surface area contributed by atoms with Crippen LogP contribution >= 0.6 is 0 Å². The van der Waals surface area contributed by atoms with Crippen LogP contribution in [0.1, 0.15) is 29.8 Å². The first-order chi connectivity index (χ1) is 10.5. The molecule has 0 N–H and O–H groups in total. The van der Waals surface area contributed by atoms with E-state index in [1.54, 1.807) is 24.1 Å². The van der Waals surface area contributed by atoms with E-state index in [-0.39, 0.29) is 5.91 Å². The molecule has 22 heavy (non-hydrogen) atoms. The molecule has 0 radical (unpaired) electrons. The van der Waals surface area contributed by atoms with Crippen molar-refractivity contribution < 1.29 is 9.53 Å². The Balaban J connectivity index is 1.61. The minimum atomic E-state index is 0.106. The molecular formula is C16H26N4O2. The maximum absolute atomic E-state index is 12.6. The van der Waals surface area contributed by atoms with Gasteiger partial charge in [0.25, 0.3) is 5.91 Å². The van der Waals surface area contributed by atoms with E-state index < -0.39 is 0 Å². The summed E-state index contributed by atoms with van der Waals surface area (Å²) >= 11 is 0. The molecule has 6 nitrogen and oxygen atoms in total. The lowest BCUT2D eigenvalue weighted by Crippen LogP contribution is -2.44. The molecule has 2 aliphatic heterocycles. The fourth-order valence-electron chi connectivity index (χ4n) is 4.05. The summed E-state index contributed by atoms with van der Waals surface area (Å²) in [6, 6.07) is 2.31. The Labute approximate surface area is 132 Å². The second-order valence-electron chi connectivity index (χ2n) is 6.86. The van der Waals surface area contributed by atoms with Gasteiger partial charge in [-0.05, 0) is 37.8 Å². The highest BCUT2D eigenvalue weighted by atomic mass is 16.5. The minimum Gasteiger partial charge on any atom is -0.383 e. The smallest absolute Gasteiger partial charge is 0.272 e. The van der Waals surface area contributed by atoms with Gasteiger partial charge in [-0.1, -0.05) is 0 Å². The van der Waals surface area contributed by atoms with Crippen molar-refractivity contribution in [1.29, 1.82) is 0 Å². The van der Waals surface area contributed by atoms with Crippen LogP contribution in [0.2, 0.25) is 0 Å². The molecule has 122 valence electrons. The van der Waals surface area contributed by atoms with Crippen molar-refractivity contribution in [3.8, 4) is 0 Å². The van der Waals surface area contributed by atoms with Crippen LogP contribution < -0.4 is 0 Å². The highest BCUT2D eigenvalue weighted by Gasteiger charge is 2.44. The molecule has 6 heteroatoms. The van der Waals surface area contributed by atoms with Crippen molar-refractivity contribution >= 4 is 5.91 Å². The average molecular weight is 306 g/mol. The molecule has 3 heterocycles. The number of likely N-dealkylation sites (tertiary alicyclic amines) is 2. The zero-order valence-corrected chi connectivity index (χ0v) is 13.8. The van der Waals surface area contributed by atoms with Crippen molar-refractivity contribution in [1.82, 2.24) is 19.6 Å². The van der Waals surface area contributed by atoms with E-state index in [1.807, 2.05) is 11.9 Å². The number of aryl methyl sites for hydroxylation is 1. The number of aromatic nitrogens is 2. The molecule has 2 fully saturated rings. The van der Waals surface area contributed by atoms with E-state index in [4.69, 9.17) is 4.74 Å². The number of piperidine rings is 1. The van der Waals surface area contributed by atoms with E-state index in [1.165, 1.54) is 6.42 Å². The Kier molecular flexibility index (Phi) is 4.23. The maximum Gasteiger partial charge on any atom is 0.272 e. The van der Waals surface area contributed by atoms with Gasteiger partial charge in [0.1, 0.15) is 5.69 Å². The van der Waals surface area contributed by atoms with Crippen LogP contribution in [-0.4, -0.2) is 71.9 Å². The minimum absolute atomic E-state index is 0.106. The summed E-state index contributed by atoms with van der Waals surface area (Å²) in [5.74, 6) is 0.106. The van der Waals surface area contributed by atoms with Gasteiger partial charge in [0.15, 0.2) is 0 Å². The zero-order valence-electron chi connectivity index (χ0n) is 13.8. The Morgan fingerprint density at radius 2 is 2.14 bits per heavy atom. The van der Waals surface area contributed by atoms with E-state index in [9.17, 15) is 4.79 Å². The summed E-state index contributed by atoms with van der Waals surface area (Å²) < 4.78 is 6.99. The van der Waals surface area contributed by atoms with Crippen molar-refractivity contribution in [3.63, 3.8) is 0 Å². The Morgan fingerprint density at radius 3 is 2.73 bits per heavy atom. The van der Waals surface area contributed by atoms with E-state index in [2.05, 4.69) is 17.0 Å². The van der Waals surface area contributed by atoms with Crippen molar-refractivity contribution in [2.45, 2.75) is 25.3 Å².